The van der Waals surface area contributed by atoms with E-state index in [4.69, 9.17) is 11.6 Å². The molecule has 108 valence electrons. The molecule has 1 atom stereocenters. The van der Waals surface area contributed by atoms with E-state index < -0.39 is 9.84 Å². The van der Waals surface area contributed by atoms with Crippen LogP contribution < -0.4 is 0 Å². The van der Waals surface area contributed by atoms with E-state index in [-0.39, 0.29) is 23.5 Å². The number of sulfone groups is 1. The molecule has 0 aromatic heterocycles. The van der Waals surface area contributed by atoms with Gasteiger partial charge >= 0.3 is 0 Å². The van der Waals surface area contributed by atoms with Gasteiger partial charge in [0.05, 0.1) is 11.0 Å². The molecule has 5 heteroatoms. The molecule has 0 bridgehead atoms. The molecule has 0 radical (unpaired) electrons. The van der Waals surface area contributed by atoms with Gasteiger partial charge in [-0.05, 0) is 50.3 Å². The molecule has 1 aromatic carbocycles. The van der Waals surface area contributed by atoms with Crippen LogP contribution in [0.25, 0.3) is 0 Å². The lowest BCUT2D eigenvalue weighted by molar-refractivity contribution is 0.222. The summed E-state index contributed by atoms with van der Waals surface area (Å²) in [5.74, 6) is 0.0958. The summed E-state index contributed by atoms with van der Waals surface area (Å²) in [6.45, 7) is 3.36. The van der Waals surface area contributed by atoms with Crippen molar-refractivity contribution in [2.45, 2.75) is 31.9 Å². The minimum Gasteiger partial charge on any atom is -0.396 e. The van der Waals surface area contributed by atoms with Crippen LogP contribution in [0.5, 0.6) is 0 Å². The number of hydrogen-bond acceptors (Lipinski definition) is 3. The minimum atomic E-state index is -3.03. The van der Waals surface area contributed by atoms with Gasteiger partial charge in [-0.3, -0.25) is 0 Å². The molecule has 19 heavy (non-hydrogen) atoms. The monoisotopic (exact) mass is 304 g/mol. The second-order valence-electron chi connectivity index (χ2n) is 5.08. The molecule has 0 saturated carbocycles. The van der Waals surface area contributed by atoms with Gasteiger partial charge in [-0.15, -0.1) is 0 Å². The van der Waals surface area contributed by atoms with Crippen LogP contribution in [0, 0.1) is 5.92 Å². The van der Waals surface area contributed by atoms with Crippen molar-refractivity contribution in [3.05, 3.63) is 34.9 Å². The summed E-state index contributed by atoms with van der Waals surface area (Å²) in [5.41, 5.74) is 1.06. The van der Waals surface area contributed by atoms with Gasteiger partial charge < -0.3 is 5.11 Å². The standard InChI is InChI=1S/C14H21ClO3S/c1-11(2)19(17,18)8-7-13(10-16)9-12-3-5-14(15)6-4-12/h3-6,11,13,16H,7-10H2,1-2H3. The number of hydrogen-bond donors (Lipinski definition) is 1. The summed E-state index contributed by atoms with van der Waals surface area (Å²) in [7, 11) is -3.03. The first kappa shape index (κ1) is 16.5. The fraction of sp³-hybridized carbons (Fsp3) is 0.571. The van der Waals surface area contributed by atoms with Crippen molar-refractivity contribution in [2.24, 2.45) is 5.92 Å². The first-order chi connectivity index (χ1) is 8.85. The quantitative estimate of drug-likeness (QED) is 0.842. The molecular formula is C14H21ClO3S. The smallest absolute Gasteiger partial charge is 0.152 e. The van der Waals surface area contributed by atoms with Crippen molar-refractivity contribution in [1.82, 2.24) is 0 Å². The summed E-state index contributed by atoms with van der Waals surface area (Å²) < 4.78 is 23.5. The van der Waals surface area contributed by atoms with E-state index in [9.17, 15) is 13.5 Å². The van der Waals surface area contributed by atoms with Gasteiger partial charge in [0, 0.05) is 11.6 Å². The van der Waals surface area contributed by atoms with Crippen molar-refractivity contribution in [1.29, 1.82) is 0 Å². The Morgan fingerprint density at radius 1 is 1.21 bits per heavy atom. The Morgan fingerprint density at radius 3 is 2.26 bits per heavy atom. The first-order valence-corrected chi connectivity index (χ1v) is 8.51. The Hall–Kier alpha value is -0.580. The molecule has 0 aliphatic heterocycles. The maximum atomic E-state index is 11.7. The predicted octanol–water partition coefficient (Wildman–Crippen LogP) is 2.70. The molecule has 3 nitrogen and oxygen atoms in total. The number of aliphatic hydroxyl groups excluding tert-OH is 1. The number of halogens is 1. The second-order valence-corrected chi connectivity index (χ2v) is 8.20. The van der Waals surface area contributed by atoms with Crippen LogP contribution in [-0.4, -0.2) is 31.1 Å². The fourth-order valence-corrected chi connectivity index (χ4v) is 3.04. The van der Waals surface area contributed by atoms with Crippen LogP contribution in [0.2, 0.25) is 5.02 Å². The van der Waals surface area contributed by atoms with Crippen LogP contribution in [0.3, 0.4) is 0 Å². The van der Waals surface area contributed by atoms with E-state index in [1.165, 1.54) is 0 Å². The van der Waals surface area contributed by atoms with Crippen LogP contribution in [0.15, 0.2) is 24.3 Å². The number of rotatable bonds is 7. The van der Waals surface area contributed by atoms with Crippen LogP contribution in [-0.2, 0) is 16.3 Å². The summed E-state index contributed by atoms with van der Waals surface area (Å²) in [5, 5.41) is 9.67. The van der Waals surface area contributed by atoms with Gasteiger partial charge in [-0.25, -0.2) is 8.42 Å². The molecule has 1 rings (SSSR count). The predicted molar refractivity (Wildman–Crippen MR) is 79.3 cm³/mol. The van der Waals surface area contributed by atoms with Crippen molar-refractivity contribution < 1.29 is 13.5 Å². The summed E-state index contributed by atoms with van der Waals surface area (Å²) in [4.78, 5) is 0. The lowest BCUT2D eigenvalue weighted by Gasteiger charge is -2.15. The summed E-state index contributed by atoms with van der Waals surface area (Å²) in [6, 6.07) is 7.41. The topological polar surface area (TPSA) is 54.4 Å². The zero-order chi connectivity index (χ0) is 14.5. The lowest BCUT2D eigenvalue weighted by Crippen LogP contribution is -2.21. The molecule has 0 heterocycles. The molecule has 0 aliphatic carbocycles. The summed E-state index contributed by atoms with van der Waals surface area (Å²) in [6.07, 6.45) is 1.15. The van der Waals surface area contributed by atoms with Crippen LogP contribution in [0.4, 0.5) is 0 Å². The van der Waals surface area contributed by atoms with Crippen molar-refractivity contribution >= 4 is 21.4 Å². The van der Waals surface area contributed by atoms with Gasteiger partial charge in [0.25, 0.3) is 0 Å². The average molecular weight is 305 g/mol. The van der Waals surface area contributed by atoms with E-state index >= 15 is 0 Å². The SMILES string of the molecule is CC(C)S(=O)(=O)CCC(CO)Cc1ccc(Cl)cc1. The summed E-state index contributed by atoms with van der Waals surface area (Å²) >= 11 is 5.81. The third-order valence-corrected chi connectivity index (χ3v) is 5.72. The molecule has 0 saturated heterocycles. The fourth-order valence-electron chi connectivity index (χ4n) is 1.78. The van der Waals surface area contributed by atoms with E-state index in [0.29, 0.717) is 17.9 Å². The Bertz CT molecular complexity index is 480. The van der Waals surface area contributed by atoms with Crippen molar-refractivity contribution in [2.75, 3.05) is 12.4 Å². The third kappa shape index (κ3) is 5.51. The largest absolute Gasteiger partial charge is 0.396 e. The van der Waals surface area contributed by atoms with Crippen molar-refractivity contribution in [3.63, 3.8) is 0 Å². The number of aliphatic hydroxyl groups is 1. The molecule has 1 aromatic rings. The van der Waals surface area contributed by atoms with Crippen LogP contribution >= 0.6 is 11.6 Å². The first-order valence-electron chi connectivity index (χ1n) is 6.42. The van der Waals surface area contributed by atoms with E-state index in [0.717, 1.165) is 5.56 Å². The molecule has 0 amide bonds. The zero-order valence-corrected chi connectivity index (χ0v) is 12.9. The van der Waals surface area contributed by atoms with Gasteiger partial charge in [0.15, 0.2) is 9.84 Å². The van der Waals surface area contributed by atoms with E-state index in [2.05, 4.69) is 0 Å². The highest BCUT2D eigenvalue weighted by atomic mass is 35.5. The Balaban J connectivity index is 2.57. The normalized spacial score (nSPS) is 13.7. The maximum Gasteiger partial charge on any atom is 0.152 e. The molecule has 1 unspecified atom stereocenters. The lowest BCUT2D eigenvalue weighted by atomic mass is 9.98. The van der Waals surface area contributed by atoms with E-state index in [1.807, 2.05) is 12.1 Å². The highest BCUT2D eigenvalue weighted by molar-refractivity contribution is 7.91. The highest BCUT2D eigenvalue weighted by Gasteiger charge is 2.19. The molecular weight excluding hydrogens is 284 g/mol. The Kier molecular flexibility index (Phi) is 6.30. The van der Waals surface area contributed by atoms with Gasteiger partial charge in [-0.1, -0.05) is 23.7 Å². The molecule has 0 aliphatic rings. The second kappa shape index (κ2) is 7.27. The van der Waals surface area contributed by atoms with Gasteiger partial charge in [0.1, 0.15) is 0 Å². The Morgan fingerprint density at radius 2 is 1.79 bits per heavy atom. The maximum absolute atomic E-state index is 11.7. The van der Waals surface area contributed by atoms with Crippen LogP contribution in [0.1, 0.15) is 25.8 Å². The van der Waals surface area contributed by atoms with E-state index in [1.54, 1.807) is 26.0 Å². The Labute approximate surface area is 120 Å². The third-order valence-electron chi connectivity index (χ3n) is 3.22. The average Bonchev–Trinajstić information content (AvgIpc) is 2.36. The molecule has 1 N–H and O–H groups in total. The minimum absolute atomic E-state index is 0.00373. The zero-order valence-electron chi connectivity index (χ0n) is 11.3. The van der Waals surface area contributed by atoms with Crippen molar-refractivity contribution in [3.8, 4) is 0 Å². The number of benzene rings is 1. The molecule has 0 fully saturated rings. The van der Waals surface area contributed by atoms with Gasteiger partial charge in [0.2, 0.25) is 0 Å². The molecule has 0 spiro atoms. The highest BCUT2D eigenvalue weighted by Crippen LogP contribution is 2.17. The van der Waals surface area contributed by atoms with Gasteiger partial charge in [-0.2, -0.15) is 0 Å².